The molecule has 200 valence electrons. The second-order valence-electron chi connectivity index (χ2n) is 12.5. The highest BCUT2D eigenvalue weighted by molar-refractivity contribution is 6.18. The Kier molecular flexibility index (Phi) is 4.80. The fourth-order valence-corrected chi connectivity index (χ4v) is 7.64. The van der Waals surface area contributed by atoms with Gasteiger partial charge in [0.15, 0.2) is 0 Å². The van der Waals surface area contributed by atoms with E-state index in [9.17, 15) is 5.26 Å². The van der Waals surface area contributed by atoms with Gasteiger partial charge in [-0.25, -0.2) is 0 Å². The number of benzene rings is 7. The van der Waals surface area contributed by atoms with Crippen LogP contribution in [-0.4, -0.2) is 0 Å². The molecule has 1 nitrogen and oxygen atoms in total. The average Bonchev–Trinajstić information content (AvgIpc) is 3.50. The Morgan fingerprint density at radius 2 is 1.02 bits per heavy atom. The van der Waals surface area contributed by atoms with Crippen molar-refractivity contribution in [2.45, 2.75) is 19.3 Å². The molecule has 0 aromatic heterocycles. The van der Waals surface area contributed by atoms with Gasteiger partial charge in [-0.2, -0.15) is 5.26 Å². The zero-order valence-electron chi connectivity index (χ0n) is 24.1. The molecule has 0 radical (unpaired) electrons. The lowest BCUT2D eigenvalue weighted by atomic mass is 9.80. The van der Waals surface area contributed by atoms with Crippen molar-refractivity contribution >= 4 is 21.5 Å². The van der Waals surface area contributed by atoms with Crippen LogP contribution in [0.3, 0.4) is 0 Å². The highest BCUT2D eigenvalue weighted by Crippen LogP contribution is 2.52. The van der Waals surface area contributed by atoms with Gasteiger partial charge in [0.2, 0.25) is 0 Å². The first-order valence-corrected chi connectivity index (χ1v) is 14.9. The summed E-state index contributed by atoms with van der Waals surface area (Å²) in [5.74, 6) is 0. The molecule has 2 aliphatic carbocycles. The Balaban J connectivity index is 1.15. The summed E-state index contributed by atoms with van der Waals surface area (Å²) in [5.41, 5.74) is 16.3. The number of hydrogen-bond donors (Lipinski definition) is 0. The summed E-state index contributed by atoms with van der Waals surface area (Å²) >= 11 is 0. The Labute approximate surface area is 251 Å². The fourth-order valence-electron chi connectivity index (χ4n) is 7.64. The number of fused-ring (bicyclic) bond motifs is 7. The van der Waals surface area contributed by atoms with Crippen LogP contribution in [0.25, 0.3) is 77.2 Å². The molecule has 0 unspecified atom stereocenters. The smallest absolute Gasteiger partial charge is 0.0991 e. The van der Waals surface area contributed by atoms with E-state index in [2.05, 4.69) is 129 Å². The molecule has 1 heteroatoms. The zero-order valence-corrected chi connectivity index (χ0v) is 24.1. The molecule has 0 heterocycles. The van der Waals surface area contributed by atoms with Gasteiger partial charge < -0.3 is 0 Å². The zero-order chi connectivity index (χ0) is 28.9. The van der Waals surface area contributed by atoms with Gasteiger partial charge in [0, 0.05) is 5.41 Å². The first kappa shape index (κ1) is 24.2. The molecule has 7 aromatic rings. The number of hydrogen-bond acceptors (Lipinski definition) is 1. The van der Waals surface area contributed by atoms with Crippen molar-refractivity contribution in [1.29, 1.82) is 5.26 Å². The van der Waals surface area contributed by atoms with Gasteiger partial charge >= 0.3 is 0 Å². The van der Waals surface area contributed by atoms with Gasteiger partial charge in [0.25, 0.3) is 0 Å². The Bertz CT molecular complexity index is 2350. The van der Waals surface area contributed by atoms with Crippen LogP contribution in [0.5, 0.6) is 0 Å². The average molecular weight is 546 g/mol. The topological polar surface area (TPSA) is 23.8 Å². The van der Waals surface area contributed by atoms with Crippen molar-refractivity contribution in [3.05, 3.63) is 144 Å². The van der Waals surface area contributed by atoms with Gasteiger partial charge in [-0.05, 0) is 119 Å². The lowest BCUT2D eigenvalue weighted by molar-refractivity contribution is 0.661. The summed E-state index contributed by atoms with van der Waals surface area (Å²) in [6.45, 7) is 4.72. The molecule has 0 bridgehead atoms. The minimum absolute atomic E-state index is 0.125. The molecule has 7 aromatic carbocycles. The lowest BCUT2D eigenvalue weighted by Crippen LogP contribution is -2.15. The lowest BCUT2D eigenvalue weighted by Gasteiger charge is -2.23. The minimum atomic E-state index is -0.125. The van der Waals surface area contributed by atoms with Gasteiger partial charge in [0.05, 0.1) is 11.6 Å². The molecule has 0 spiro atoms. The number of nitriles is 1. The van der Waals surface area contributed by atoms with Crippen LogP contribution in [0, 0.1) is 11.3 Å². The second-order valence-corrected chi connectivity index (χ2v) is 12.5. The first-order valence-electron chi connectivity index (χ1n) is 14.9. The molecule has 0 saturated heterocycles. The molecule has 0 aliphatic heterocycles. The Morgan fingerprint density at radius 3 is 1.79 bits per heavy atom. The van der Waals surface area contributed by atoms with E-state index in [0.29, 0.717) is 5.56 Å². The van der Waals surface area contributed by atoms with Gasteiger partial charge in [0.1, 0.15) is 0 Å². The Hall–Kier alpha value is -5.45. The SMILES string of the molecule is CC1(C)c2cc(-c3ccc4cc(C#N)ccc4c3)ccc2-c2ccc(-c3ccc4c5c(cccc35)-c3ccccc3-4)cc21. The predicted octanol–water partition coefficient (Wildman–Crippen LogP) is 11.2. The summed E-state index contributed by atoms with van der Waals surface area (Å²) in [5, 5.41) is 14.2. The van der Waals surface area contributed by atoms with Gasteiger partial charge in [-0.3, -0.25) is 0 Å². The first-order chi connectivity index (χ1) is 21.0. The van der Waals surface area contributed by atoms with Crippen LogP contribution < -0.4 is 0 Å². The third-order valence-electron chi connectivity index (χ3n) is 9.84. The molecule has 2 aliphatic rings. The van der Waals surface area contributed by atoms with E-state index >= 15 is 0 Å². The normalized spacial score (nSPS) is 13.5. The summed E-state index contributed by atoms with van der Waals surface area (Å²) in [6, 6.07) is 48.9. The van der Waals surface area contributed by atoms with Crippen molar-refractivity contribution in [2.75, 3.05) is 0 Å². The summed E-state index contributed by atoms with van der Waals surface area (Å²) in [6.07, 6.45) is 0. The highest BCUT2D eigenvalue weighted by atomic mass is 14.4. The molecule has 0 N–H and O–H groups in total. The van der Waals surface area contributed by atoms with E-state index in [1.807, 2.05) is 18.2 Å². The van der Waals surface area contributed by atoms with Crippen LogP contribution in [0.2, 0.25) is 0 Å². The molecule has 43 heavy (non-hydrogen) atoms. The Morgan fingerprint density at radius 1 is 0.465 bits per heavy atom. The standard InChI is InChI=1S/C42H27N/c1-42(2)39-22-29(28-13-12-26-20-25(24-43)10-11-27(26)21-28)14-16-34(39)35-17-15-30(23-40(35)42)31-18-19-38-33-7-4-3-6-32(33)37-9-5-8-36(31)41(37)38/h3-23H,1-2H3. The maximum atomic E-state index is 9.28. The maximum absolute atomic E-state index is 9.28. The summed E-state index contributed by atoms with van der Waals surface area (Å²) in [7, 11) is 0. The van der Waals surface area contributed by atoms with Crippen molar-refractivity contribution in [3.63, 3.8) is 0 Å². The molecule has 9 rings (SSSR count). The molecule has 0 amide bonds. The molecular formula is C42H27N. The molecule has 0 atom stereocenters. The van der Waals surface area contributed by atoms with E-state index < -0.39 is 0 Å². The summed E-state index contributed by atoms with van der Waals surface area (Å²) < 4.78 is 0. The van der Waals surface area contributed by atoms with Crippen LogP contribution in [-0.2, 0) is 5.41 Å². The molecule has 0 saturated carbocycles. The maximum Gasteiger partial charge on any atom is 0.0991 e. The van der Waals surface area contributed by atoms with Crippen LogP contribution >= 0.6 is 0 Å². The van der Waals surface area contributed by atoms with Crippen LogP contribution in [0.1, 0.15) is 30.5 Å². The van der Waals surface area contributed by atoms with E-state index in [-0.39, 0.29) is 5.41 Å². The van der Waals surface area contributed by atoms with Crippen molar-refractivity contribution in [1.82, 2.24) is 0 Å². The predicted molar refractivity (Wildman–Crippen MR) is 179 cm³/mol. The van der Waals surface area contributed by atoms with Crippen LogP contribution in [0.15, 0.2) is 127 Å². The molecule has 0 fully saturated rings. The van der Waals surface area contributed by atoms with Gasteiger partial charge in [-0.1, -0.05) is 111 Å². The minimum Gasteiger partial charge on any atom is -0.192 e. The monoisotopic (exact) mass is 545 g/mol. The van der Waals surface area contributed by atoms with Crippen LogP contribution in [0.4, 0.5) is 0 Å². The fraction of sp³-hybridized carbons (Fsp3) is 0.0714. The van der Waals surface area contributed by atoms with Crippen molar-refractivity contribution < 1.29 is 0 Å². The third kappa shape index (κ3) is 3.33. The van der Waals surface area contributed by atoms with E-state index in [1.54, 1.807) is 0 Å². The van der Waals surface area contributed by atoms with Crippen molar-refractivity contribution in [3.8, 4) is 61.7 Å². The second kappa shape index (κ2) is 8.54. The quantitative estimate of drug-likeness (QED) is 0.212. The molecular weight excluding hydrogens is 518 g/mol. The summed E-state index contributed by atoms with van der Waals surface area (Å²) in [4.78, 5) is 0. The third-order valence-corrected chi connectivity index (χ3v) is 9.84. The highest BCUT2D eigenvalue weighted by Gasteiger charge is 2.36. The van der Waals surface area contributed by atoms with E-state index in [4.69, 9.17) is 0 Å². The van der Waals surface area contributed by atoms with Crippen molar-refractivity contribution in [2.24, 2.45) is 0 Å². The van der Waals surface area contributed by atoms with E-state index in [1.165, 1.54) is 77.5 Å². The van der Waals surface area contributed by atoms with E-state index in [0.717, 1.165) is 10.8 Å². The number of rotatable bonds is 2. The van der Waals surface area contributed by atoms with Gasteiger partial charge in [-0.15, -0.1) is 0 Å². The largest absolute Gasteiger partial charge is 0.192 e. The number of nitrogens with zero attached hydrogens (tertiary/aromatic N) is 1.